The molecule has 52 valence electrons. The standard InChI is InChI=1S/C6H12N2O/c1-2-5-8-6(9)3-4-7-8/h7H,2-5H2,1H3. The van der Waals surface area contributed by atoms with Gasteiger partial charge in [-0.2, -0.15) is 0 Å². The lowest BCUT2D eigenvalue weighted by atomic mass is 10.4. The van der Waals surface area contributed by atoms with Crippen molar-refractivity contribution in [3.63, 3.8) is 0 Å². The van der Waals surface area contributed by atoms with Gasteiger partial charge in [-0.1, -0.05) is 6.92 Å². The molecule has 0 aliphatic carbocycles. The van der Waals surface area contributed by atoms with Crippen LogP contribution in [0.1, 0.15) is 19.8 Å². The minimum absolute atomic E-state index is 0.233. The number of hydrogen-bond acceptors (Lipinski definition) is 2. The fraction of sp³-hybridized carbons (Fsp3) is 0.833. The van der Waals surface area contributed by atoms with Crippen molar-refractivity contribution in [1.82, 2.24) is 10.4 Å². The number of hydrogen-bond donors (Lipinski definition) is 1. The maximum absolute atomic E-state index is 10.8. The van der Waals surface area contributed by atoms with Crippen LogP contribution in [-0.4, -0.2) is 24.0 Å². The normalized spacial score (nSPS) is 19.2. The first-order chi connectivity index (χ1) is 4.34. The van der Waals surface area contributed by atoms with Crippen molar-refractivity contribution in [2.75, 3.05) is 13.1 Å². The summed E-state index contributed by atoms with van der Waals surface area (Å²) in [6.07, 6.45) is 1.69. The molecule has 0 aromatic rings. The minimum atomic E-state index is 0.233. The van der Waals surface area contributed by atoms with Crippen LogP contribution in [0.25, 0.3) is 0 Å². The van der Waals surface area contributed by atoms with Crippen molar-refractivity contribution in [2.24, 2.45) is 0 Å². The van der Waals surface area contributed by atoms with Crippen molar-refractivity contribution < 1.29 is 4.79 Å². The Morgan fingerprint density at radius 2 is 2.56 bits per heavy atom. The van der Waals surface area contributed by atoms with Crippen LogP contribution in [0.2, 0.25) is 0 Å². The summed E-state index contributed by atoms with van der Waals surface area (Å²) in [4.78, 5) is 10.8. The van der Waals surface area contributed by atoms with E-state index in [1.165, 1.54) is 0 Å². The Balaban J connectivity index is 2.31. The highest BCUT2D eigenvalue weighted by atomic mass is 16.2. The fourth-order valence-electron chi connectivity index (χ4n) is 0.948. The summed E-state index contributed by atoms with van der Waals surface area (Å²) in [5.41, 5.74) is 2.99. The van der Waals surface area contributed by atoms with Gasteiger partial charge in [0.1, 0.15) is 0 Å². The van der Waals surface area contributed by atoms with Gasteiger partial charge in [0.15, 0.2) is 0 Å². The molecule has 1 heterocycles. The predicted molar refractivity (Wildman–Crippen MR) is 34.6 cm³/mol. The summed E-state index contributed by atoms with van der Waals surface area (Å²) in [5, 5.41) is 1.69. The molecule has 1 saturated heterocycles. The Bertz CT molecular complexity index is 114. The quantitative estimate of drug-likeness (QED) is 0.573. The zero-order chi connectivity index (χ0) is 6.69. The van der Waals surface area contributed by atoms with Crippen LogP contribution in [0.15, 0.2) is 0 Å². The van der Waals surface area contributed by atoms with Gasteiger partial charge in [0.05, 0.1) is 0 Å². The van der Waals surface area contributed by atoms with Crippen LogP contribution in [0, 0.1) is 0 Å². The molecule has 1 aliphatic rings. The zero-order valence-corrected chi connectivity index (χ0v) is 5.68. The SMILES string of the molecule is CCCN1NCCC1=O. The lowest BCUT2D eigenvalue weighted by Gasteiger charge is -2.13. The van der Waals surface area contributed by atoms with Gasteiger partial charge >= 0.3 is 0 Å². The highest BCUT2D eigenvalue weighted by Gasteiger charge is 2.17. The first kappa shape index (κ1) is 6.55. The number of carbonyl (C=O) groups excluding carboxylic acids is 1. The molecule has 9 heavy (non-hydrogen) atoms. The minimum Gasteiger partial charge on any atom is -0.278 e. The molecular formula is C6H12N2O. The summed E-state index contributed by atoms with van der Waals surface area (Å²) >= 11 is 0. The molecule has 0 spiro atoms. The van der Waals surface area contributed by atoms with Crippen molar-refractivity contribution >= 4 is 5.91 Å². The molecule has 1 rings (SSSR count). The molecule has 1 amide bonds. The topological polar surface area (TPSA) is 32.3 Å². The highest BCUT2D eigenvalue weighted by molar-refractivity contribution is 5.77. The van der Waals surface area contributed by atoms with Crippen molar-refractivity contribution in [3.8, 4) is 0 Å². The van der Waals surface area contributed by atoms with E-state index in [-0.39, 0.29) is 5.91 Å². The van der Waals surface area contributed by atoms with Gasteiger partial charge in [-0.25, -0.2) is 5.43 Å². The Morgan fingerprint density at radius 1 is 1.78 bits per heavy atom. The summed E-state index contributed by atoms with van der Waals surface area (Å²) in [5.74, 6) is 0.233. The maximum atomic E-state index is 10.8. The van der Waals surface area contributed by atoms with Gasteiger partial charge in [0.2, 0.25) is 5.91 Å². The van der Waals surface area contributed by atoms with E-state index >= 15 is 0 Å². The smallest absolute Gasteiger partial charge is 0.238 e. The molecule has 0 bridgehead atoms. The van der Waals surface area contributed by atoms with E-state index in [1.54, 1.807) is 5.01 Å². The van der Waals surface area contributed by atoms with Gasteiger partial charge < -0.3 is 0 Å². The van der Waals surface area contributed by atoms with E-state index in [0.717, 1.165) is 19.5 Å². The van der Waals surface area contributed by atoms with Crippen LogP contribution >= 0.6 is 0 Å². The molecule has 0 radical (unpaired) electrons. The third-order valence-corrected chi connectivity index (χ3v) is 1.39. The summed E-state index contributed by atoms with van der Waals surface area (Å²) in [7, 11) is 0. The van der Waals surface area contributed by atoms with Gasteiger partial charge in [0, 0.05) is 19.5 Å². The summed E-state index contributed by atoms with van der Waals surface area (Å²) < 4.78 is 0. The first-order valence-corrected chi connectivity index (χ1v) is 3.38. The van der Waals surface area contributed by atoms with Crippen LogP contribution in [0.5, 0.6) is 0 Å². The average Bonchev–Trinajstić information content (AvgIpc) is 2.18. The molecule has 0 saturated carbocycles. The molecular weight excluding hydrogens is 116 g/mol. The van der Waals surface area contributed by atoms with Gasteiger partial charge in [-0.15, -0.1) is 0 Å². The van der Waals surface area contributed by atoms with E-state index in [9.17, 15) is 4.79 Å². The lowest BCUT2D eigenvalue weighted by molar-refractivity contribution is -0.129. The largest absolute Gasteiger partial charge is 0.278 e. The molecule has 1 fully saturated rings. The van der Waals surface area contributed by atoms with Crippen molar-refractivity contribution in [1.29, 1.82) is 0 Å². The molecule has 3 nitrogen and oxygen atoms in total. The Hall–Kier alpha value is -0.570. The fourth-order valence-corrected chi connectivity index (χ4v) is 0.948. The lowest BCUT2D eigenvalue weighted by Crippen LogP contribution is -2.34. The van der Waals surface area contributed by atoms with Crippen molar-refractivity contribution in [2.45, 2.75) is 19.8 Å². The zero-order valence-electron chi connectivity index (χ0n) is 5.68. The first-order valence-electron chi connectivity index (χ1n) is 3.38. The van der Waals surface area contributed by atoms with Gasteiger partial charge in [-0.05, 0) is 6.42 Å². The number of amides is 1. The number of rotatable bonds is 2. The molecule has 0 unspecified atom stereocenters. The van der Waals surface area contributed by atoms with Gasteiger partial charge in [-0.3, -0.25) is 9.80 Å². The number of nitrogens with one attached hydrogen (secondary N) is 1. The van der Waals surface area contributed by atoms with Crippen LogP contribution in [0.3, 0.4) is 0 Å². The third kappa shape index (κ3) is 1.42. The number of hydrazine groups is 1. The Morgan fingerprint density at radius 3 is 3.00 bits per heavy atom. The molecule has 3 heteroatoms. The van der Waals surface area contributed by atoms with E-state index < -0.39 is 0 Å². The molecule has 0 aromatic heterocycles. The summed E-state index contributed by atoms with van der Waals surface area (Å²) in [6.45, 7) is 3.73. The second-order valence-electron chi connectivity index (χ2n) is 2.20. The number of carbonyl (C=O) groups is 1. The van der Waals surface area contributed by atoms with Crippen LogP contribution in [0.4, 0.5) is 0 Å². The molecule has 1 aliphatic heterocycles. The molecule has 0 aromatic carbocycles. The predicted octanol–water partition coefficient (Wildman–Crippen LogP) is 0.133. The highest BCUT2D eigenvalue weighted by Crippen LogP contribution is 1.98. The number of nitrogens with zero attached hydrogens (tertiary/aromatic N) is 1. The second-order valence-corrected chi connectivity index (χ2v) is 2.20. The summed E-state index contributed by atoms with van der Waals surface area (Å²) in [6, 6.07) is 0. The van der Waals surface area contributed by atoms with E-state index in [1.807, 2.05) is 0 Å². The van der Waals surface area contributed by atoms with E-state index in [2.05, 4.69) is 12.3 Å². The average molecular weight is 128 g/mol. The van der Waals surface area contributed by atoms with Crippen LogP contribution < -0.4 is 5.43 Å². The molecule has 1 N–H and O–H groups in total. The molecule has 0 atom stereocenters. The Kier molecular flexibility index (Phi) is 2.05. The van der Waals surface area contributed by atoms with Crippen LogP contribution in [-0.2, 0) is 4.79 Å². The Labute approximate surface area is 55.0 Å². The van der Waals surface area contributed by atoms with E-state index in [4.69, 9.17) is 0 Å². The maximum Gasteiger partial charge on any atom is 0.238 e. The van der Waals surface area contributed by atoms with Crippen molar-refractivity contribution in [3.05, 3.63) is 0 Å². The monoisotopic (exact) mass is 128 g/mol. The third-order valence-electron chi connectivity index (χ3n) is 1.39. The second kappa shape index (κ2) is 2.82. The van der Waals surface area contributed by atoms with Gasteiger partial charge in [0.25, 0.3) is 0 Å². The van der Waals surface area contributed by atoms with E-state index in [0.29, 0.717) is 6.42 Å².